The molecule has 20 heavy (non-hydrogen) atoms. The predicted molar refractivity (Wildman–Crippen MR) is 69.5 cm³/mol. The Balaban J connectivity index is 2.17. The van der Waals surface area contributed by atoms with Crippen LogP contribution >= 0.6 is 0 Å². The van der Waals surface area contributed by atoms with Gasteiger partial charge in [0.05, 0.1) is 5.52 Å². The SMILES string of the molecule is FC(F)(F)Oc1ccccc1-c1cccn2cccc12. The van der Waals surface area contributed by atoms with E-state index >= 15 is 0 Å². The minimum atomic E-state index is -4.71. The van der Waals surface area contributed by atoms with E-state index in [1.807, 2.05) is 28.9 Å². The number of aromatic nitrogens is 1. The van der Waals surface area contributed by atoms with Gasteiger partial charge in [-0.05, 0) is 24.3 Å². The lowest BCUT2D eigenvalue weighted by Gasteiger charge is -2.14. The molecule has 0 unspecified atom stereocenters. The maximum atomic E-state index is 12.5. The van der Waals surface area contributed by atoms with E-state index in [0.29, 0.717) is 11.1 Å². The van der Waals surface area contributed by atoms with Crippen LogP contribution in [0.25, 0.3) is 16.6 Å². The first-order valence-corrected chi connectivity index (χ1v) is 5.95. The smallest absolute Gasteiger partial charge is 0.405 e. The molecule has 1 aromatic carbocycles. The van der Waals surface area contributed by atoms with Crippen molar-refractivity contribution >= 4 is 5.52 Å². The molecule has 0 N–H and O–H groups in total. The van der Waals surface area contributed by atoms with Crippen LogP contribution in [0.3, 0.4) is 0 Å². The third-order valence-electron chi connectivity index (χ3n) is 2.97. The minimum Gasteiger partial charge on any atom is -0.405 e. The highest BCUT2D eigenvalue weighted by molar-refractivity contribution is 5.83. The van der Waals surface area contributed by atoms with Crippen LogP contribution in [0.15, 0.2) is 60.9 Å². The van der Waals surface area contributed by atoms with E-state index in [0.717, 1.165) is 5.52 Å². The summed E-state index contributed by atoms with van der Waals surface area (Å²) in [7, 11) is 0. The first-order valence-electron chi connectivity index (χ1n) is 5.95. The highest BCUT2D eigenvalue weighted by Gasteiger charge is 2.32. The second-order valence-electron chi connectivity index (χ2n) is 4.27. The van der Waals surface area contributed by atoms with Gasteiger partial charge in [-0.3, -0.25) is 0 Å². The summed E-state index contributed by atoms with van der Waals surface area (Å²) in [6.07, 6.45) is -1.03. The topological polar surface area (TPSA) is 13.6 Å². The number of hydrogen-bond acceptors (Lipinski definition) is 1. The Hall–Kier alpha value is -2.43. The van der Waals surface area contributed by atoms with Gasteiger partial charge in [-0.15, -0.1) is 13.2 Å². The lowest BCUT2D eigenvalue weighted by molar-refractivity contribution is -0.274. The van der Waals surface area contributed by atoms with E-state index in [4.69, 9.17) is 0 Å². The Kier molecular flexibility index (Phi) is 2.89. The molecule has 2 nitrogen and oxygen atoms in total. The van der Waals surface area contributed by atoms with E-state index in [1.165, 1.54) is 12.1 Å². The minimum absolute atomic E-state index is 0.200. The molecule has 0 atom stereocenters. The number of benzene rings is 1. The largest absolute Gasteiger partial charge is 0.573 e. The molecule has 2 heterocycles. The zero-order valence-corrected chi connectivity index (χ0v) is 10.3. The summed E-state index contributed by atoms with van der Waals surface area (Å²) in [6, 6.07) is 13.4. The van der Waals surface area contributed by atoms with E-state index in [-0.39, 0.29) is 5.75 Å². The van der Waals surface area contributed by atoms with Gasteiger partial charge < -0.3 is 9.14 Å². The fraction of sp³-hybridized carbons (Fsp3) is 0.0667. The molecule has 0 saturated carbocycles. The maximum absolute atomic E-state index is 12.5. The second kappa shape index (κ2) is 4.59. The van der Waals surface area contributed by atoms with Crippen molar-refractivity contribution in [1.82, 2.24) is 4.40 Å². The second-order valence-corrected chi connectivity index (χ2v) is 4.27. The van der Waals surface area contributed by atoms with Crippen LogP contribution in [0.5, 0.6) is 5.75 Å². The van der Waals surface area contributed by atoms with Gasteiger partial charge in [-0.2, -0.15) is 0 Å². The number of rotatable bonds is 2. The van der Waals surface area contributed by atoms with Crippen molar-refractivity contribution in [3.8, 4) is 16.9 Å². The monoisotopic (exact) mass is 277 g/mol. The summed E-state index contributed by atoms with van der Waals surface area (Å²) < 4.78 is 43.3. The standard InChI is InChI=1S/C15H10F3NO/c16-15(17,18)20-14-8-2-1-5-12(14)11-6-3-9-19-10-4-7-13(11)19/h1-10H. The summed E-state index contributed by atoms with van der Waals surface area (Å²) in [5, 5.41) is 0. The van der Waals surface area contributed by atoms with Gasteiger partial charge in [0, 0.05) is 23.5 Å². The zero-order valence-electron chi connectivity index (χ0n) is 10.3. The third kappa shape index (κ3) is 2.34. The normalized spacial score (nSPS) is 11.8. The Morgan fingerprint density at radius 3 is 2.20 bits per heavy atom. The molecule has 0 radical (unpaired) electrons. The van der Waals surface area contributed by atoms with Crippen LogP contribution in [0.4, 0.5) is 13.2 Å². The van der Waals surface area contributed by atoms with Crippen molar-refractivity contribution in [3.05, 3.63) is 60.9 Å². The number of nitrogens with zero attached hydrogens (tertiary/aromatic N) is 1. The molecule has 3 aromatic rings. The molecule has 0 aliphatic rings. The Morgan fingerprint density at radius 2 is 1.45 bits per heavy atom. The van der Waals surface area contributed by atoms with Crippen LogP contribution in [0.1, 0.15) is 0 Å². The molecule has 102 valence electrons. The van der Waals surface area contributed by atoms with Crippen molar-refractivity contribution in [2.75, 3.05) is 0 Å². The lowest BCUT2D eigenvalue weighted by Crippen LogP contribution is -2.17. The van der Waals surface area contributed by atoms with Crippen molar-refractivity contribution in [2.45, 2.75) is 6.36 Å². The number of pyridine rings is 1. The van der Waals surface area contributed by atoms with Crippen molar-refractivity contribution in [2.24, 2.45) is 0 Å². The molecule has 0 fully saturated rings. The lowest BCUT2D eigenvalue weighted by atomic mass is 10.0. The van der Waals surface area contributed by atoms with Gasteiger partial charge in [0.2, 0.25) is 0 Å². The van der Waals surface area contributed by atoms with Crippen LogP contribution < -0.4 is 4.74 Å². The van der Waals surface area contributed by atoms with Gasteiger partial charge in [0.25, 0.3) is 0 Å². The van der Waals surface area contributed by atoms with Crippen molar-refractivity contribution in [3.63, 3.8) is 0 Å². The average molecular weight is 277 g/mol. The van der Waals surface area contributed by atoms with E-state index in [1.54, 1.807) is 24.3 Å². The predicted octanol–water partition coefficient (Wildman–Crippen LogP) is 4.50. The summed E-state index contributed by atoms with van der Waals surface area (Å²) in [6.45, 7) is 0. The molecule has 2 aromatic heterocycles. The van der Waals surface area contributed by atoms with Gasteiger partial charge in [0.15, 0.2) is 0 Å². The first-order chi connectivity index (χ1) is 9.54. The average Bonchev–Trinajstić information content (AvgIpc) is 2.85. The zero-order chi connectivity index (χ0) is 14.2. The van der Waals surface area contributed by atoms with Gasteiger partial charge in [-0.1, -0.05) is 24.3 Å². The molecule has 0 spiro atoms. The number of para-hydroxylation sites is 1. The van der Waals surface area contributed by atoms with Gasteiger partial charge in [-0.25, -0.2) is 0 Å². The first kappa shape index (κ1) is 12.6. The molecule has 0 saturated heterocycles. The molecule has 0 aliphatic heterocycles. The number of ether oxygens (including phenoxy) is 1. The summed E-state index contributed by atoms with van der Waals surface area (Å²) >= 11 is 0. The molecule has 0 amide bonds. The highest BCUT2D eigenvalue weighted by Crippen LogP contribution is 2.35. The van der Waals surface area contributed by atoms with Crippen LogP contribution in [0.2, 0.25) is 0 Å². The van der Waals surface area contributed by atoms with Crippen molar-refractivity contribution < 1.29 is 17.9 Å². The Bertz CT molecular complexity index is 746. The molecular formula is C15H10F3NO. The quantitative estimate of drug-likeness (QED) is 0.672. The molecule has 0 aliphatic carbocycles. The number of fused-ring (bicyclic) bond motifs is 1. The van der Waals surface area contributed by atoms with E-state index in [9.17, 15) is 13.2 Å². The molecular weight excluding hydrogens is 267 g/mol. The maximum Gasteiger partial charge on any atom is 0.573 e. The summed E-state index contributed by atoms with van der Waals surface area (Å²) in [5.74, 6) is -0.200. The van der Waals surface area contributed by atoms with Crippen molar-refractivity contribution in [1.29, 1.82) is 0 Å². The number of hydrogen-bond donors (Lipinski definition) is 0. The Morgan fingerprint density at radius 1 is 0.800 bits per heavy atom. The molecule has 5 heteroatoms. The van der Waals surface area contributed by atoms with Gasteiger partial charge in [0.1, 0.15) is 5.75 Å². The van der Waals surface area contributed by atoms with E-state index < -0.39 is 6.36 Å². The third-order valence-corrected chi connectivity index (χ3v) is 2.97. The van der Waals surface area contributed by atoms with Gasteiger partial charge >= 0.3 is 6.36 Å². The van der Waals surface area contributed by atoms with E-state index in [2.05, 4.69) is 4.74 Å². The molecule has 3 rings (SSSR count). The van der Waals surface area contributed by atoms with Crippen LogP contribution in [-0.2, 0) is 0 Å². The van der Waals surface area contributed by atoms with Crippen LogP contribution in [0, 0.1) is 0 Å². The Labute approximate surface area is 113 Å². The van der Waals surface area contributed by atoms with Crippen LogP contribution in [-0.4, -0.2) is 10.8 Å². The summed E-state index contributed by atoms with van der Waals surface area (Å²) in [4.78, 5) is 0. The highest BCUT2D eigenvalue weighted by atomic mass is 19.4. The number of alkyl halides is 3. The fourth-order valence-corrected chi connectivity index (χ4v) is 2.20. The fourth-order valence-electron chi connectivity index (χ4n) is 2.20. The number of halogens is 3. The summed E-state index contributed by atoms with van der Waals surface area (Å²) in [5.41, 5.74) is 1.93. The molecule has 0 bridgehead atoms.